The first kappa shape index (κ1) is 14.8. The molecule has 0 bridgehead atoms. The fraction of sp³-hybridized carbons (Fsp3) is 0.533. The number of aromatic nitrogens is 3. The minimum absolute atomic E-state index is 0.207. The molecule has 118 valence electrons. The predicted octanol–water partition coefficient (Wildman–Crippen LogP) is 1.71. The Bertz CT molecular complexity index is 689. The summed E-state index contributed by atoms with van der Waals surface area (Å²) in [5.74, 6) is -0.283. The van der Waals surface area contributed by atoms with Crippen molar-refractivity contribution in [2.24, 2.45) is 0 Å². The van der Waals surface area contributed by atoms with Crippen LogP contribution in [0.15, 0.2) is 12.5 Å². The largest absolute Gasteiger partial charge is 0.478 e. The Kier molecular flexibility index (Phi) is 3.98. The van der Waals surface area contributed by atoms with E-state index >= 15 is 0 Å². The first-order valence-electron chi connectivity index (χ1n) is 7.63. The van der Waals surface area contributed by atoms with Crippen molar-refractivity contribution >= 4 is 17.3 Å². The summed E-state index contributed by atoms with van der Waals surface area (Å²) < 4.78 is 1.58. The standard InChI is InChI=1S/C15H20N4O3/c1-2-11-12(15(21)22)7-19-13(11)14(16-8-17-19)18-9-3-5-10(20)6-4-9/h7-10,20H,2-6H2,1H3,(H,21,22)(H,16,17,18). The summed E-state index contributed by atoms with van der Waals surface area (Å²) in [6.07, 6.45) is 6.68. The highest BCUT2D eigenvalue weighted by Crippen LogP contribution is 2.27. The maximum atomic E-state index is 11.4. The van der Waals surface area contributed by atoms with Gasteiger partial charge in [-0.3, -0.25) is 0 Å². The molecule has 2 aromatic heterocycles. The van der Waals surface area contributed by atoms with Gasteiger partial charge in [-0.25, -0.2) is 14.3 Å². The van der Waals surface area contributed by atoms with E-state index in [1.165, 1.54) is 12.5 Å². The predicted molar refractivity (Wildman–Crippen MR) is 81.2 cm³/mol. The number of hydrogen-bond donors (Lipinski definition) is 3. The second-order valence-electron chi connectivity index (χ2n) is 5.73. The normalized spacial score (nSPS) is 21.9. The summed E-state index contributed by atoms with van der Waals surface area (Å²) in [7, 11) is 0. The molecule has 1 aliphatic carbocycles. The van der Waals surface area contributed by atoms with Crippen molar-refractivity contribution in [2.75, 3.05) is 5.32 Å². The summed E-state index contributed by atoms with van der Waals surface area (Å²) >= 11 is 0. The molecule has 0 unspecified atom stereocenters. The van der Waals surface area contributed by atoms with Gasteiger partial charge in [0, 0.05) is 12.2 Å². The van der Waals surface area contributed by atoms with Gasteiger partial charge in [0.1, 0.15) is 11.8 Å². The minimum atomic E-state index is -0.950. The van der Waals surface area contributed by atoms with Gasteiger partial charge >= 0.3 is 5.97 Å². The molecule has 2 aromatic rings. The Morgan fingerprint density at radius 3 is 2.77 bits per heavy atom. The molecule has 7 nitrogen and oxygen atoms in total. The summed E-state index contributed by atoms with van der Waals surface area (Å²) in [6, 6.07) is 0.245. The molecule has 22 heavy (non-hydrogen) atoms. The number of rotatable bonds is 4. The van der Waals surface area contributed by atoms with Crippen molar-refractivity contribution in [1.82, 2.24) is 14.6 Å². The van der Waals surface area contributed by atoms with Crippen LogP contribution in [-0.2, 0) is 6.42 Å². The minimum Gasteiger partial charge on any atom is -0.478 e. The number of carboxylic acid groups (broad SMARTS) is 1. The van der Waals surface area contributed by atoms with E-state index in [0.717, 1.165) is 36.8 Å². The molecule has 3 rings (SSSR count). The van der Waals surface area contributed by atoms with Crippen molar-refractivity contribution in [2.45, 2.75) is 51.2 Å². The third-order valence-corrected chi connectivity index (χ3v) is 4.30. The Morgan fingerprint density at radius 2 is 2.14 bits per heavy atom. The zero-order valence-electron chi connectivity index (χ0n) is 12.5. The lowest BCUT2D eigenvalue weighted by atomic mass is 9.93. The van der Waals surface area contributed by atoms with E-state index in [0.29, 0.717) is 12.2 Å². The number of anilines is 1. The SMILES string of the molecule is CCc1c(C(=O)O)cn2ncnc(NC3CCC(O)CC3)c12. The van der Waals surface area contributed by atoms with Gasteiger partial charge in [-0.1, -0.05) is 6.92 Å². The molecule has 0 aliphatic heterocycles. The molecule has 2 heterocycles. The van der Waals surface area contributed by atoms with E-state index in [-0.39, 0.29) is 17.7 Å². The molecule has 1 aliphatic rings. The van der Waals surface area contributed by atoms with Crippen LogP contribution in [0.2, 0.25) is 0 Å². The van der Waals surface area contributed by atoms with Gasteiger partial charge in [-0.2, -0.15) is 5.10 Å². The highest BCUT2D eigenvalue weighted by atomic mass is 16.4. The Labute approximate surface area is 128 Å². The smallest absolute Gasteiger partial charge is 0.337 e. The number of nitrogens with zero attached hydrogens (tertiary/aromatic N) is 3. The summed E-state index contributed by atoms with van der Waals surface area (Å²) in [5.41, 5.74) is 1.74. The lowest BCUT2D eigenvalue weighted by molar-refractivity contribution is 0.0696. The molecule has 0 saturated heterocycles. The molecule has 1 saturated carbocycles. The Morgan fingerprint density at radius 1 is 1.41 bits per heavy atom. The van der Waals surface area contributed by atoms with Gasteiger partial charge in [0.05, 0.1) is 11.7 Å². The Balaban J connectivity index is 1.97. The van der Waals surface area contributed by atoms with Crippen LogP contribution in [0.3, 0.4) is 0 Å². The van der Waals surface area contributed by atoms with Crippen LogP contribution in [-0.4, -0.2) is 42.9 Å². The molecule has 0 radical (unpaired) electrons. The number of nitrogens with one attached hydrogen (secondary N) is 1. The molecule has 0 amide bonds. The number of aromatic carboxylic acids is 1. The number of carbonyl (C=O) groups is 1. The summed E-state index contributed by atoms with van der Waals surface area (Å²) in [4.78, 5) is 15.7. The molecule has 7 heteroatoms. The lowest BCUT2D eigenvalue weighted by Gasteiger charge is -2.26. The van der Waals surface area contributed by atoms with Crippen molar-refractivity contribution < 1.29 is 15.0 Å². The average Bonchev–Trinajstić information content (AvgIpc) is 2.89. The average molecular weight is 304 g/mol. The molecule has 3 N–H and O–H groups in total. The fourth-order valence-corrected chi connectivity index (χ4v) is 3.13. The molecule has 1 fully saturated rings. The first-order valence-corrected chi connectivity index (χ1v) is 7.63. The lowest BCUT2D eigenvalue weighted by Crippen LogP contribution is -2.28. The van der Waals surface area contributed by atoms with Crippen LogP contribution >= 0.6 is 0 Å². The zero-order valence-corrected chi connectivity index (χ0v) is 12.5. The van der Waals surface area contributed by atoms with Gasteiger partial charge in [0.2, 0.25) is 0 Å². The van der Waals surface area contributed by atoms with E-state index < -0.39 is 5.97 Å². The van der Waals surface area contributed by atoms with Crippen molar-refractivity contribution in [3.63, 3.8) is 0 Å². The van der Waals surface area contributed by atoms with Crippen LogP contribution in [0.5, 0.6) is 0 Å². The van der Waals surface area contributed by atoms with E-state index in [1.807, 2.05) is 6.92 Å². The van der Waals surface area contributed by atoms with Crippen molar-refractivity contribution in [3.8, 4) is 0 Å². The van der Waals surface area contributed by atoms with Crippen molar-refractivity contribution in [1.29, 1.82) is 0 Å². The maximum absolute atomic E-state index is 11.4. The van der Waals surface area contributed by atoms with Crippen LogP contribution in [0.4, 0.5) is 5.82 Å². The van der Waals surface area contributed by atoms with Gasteiger partial charge in [-0.15, -0.1) is 0 Å². The van der Waals surface area contributed by atoms with Crippen LogP contribution in [0.1, 0.15) is 48.5 Å². The second-order valence-corrected chi connectivity index (χ2v) is 5.73. The van der Waals surface area contributed by atoms with Crippen LogP contribution in [0.25, 0.3) is 5.52 Å². The third-order valence-electron chi connectivity index (χ3n) is 4.30. The number of carboxylic acids is 1. The topological polar surface area (TPSA) is 99.8 Å². The third kappa shape index (κ3) is 2.64. The van der Waals surface area contributed by atoms with Crippen molar-refractivity contribution in [3.05, 3.63) is 23.7 Å². The van der Waals surface area contributed by atoms with Crippen LogP contribution in [0, 0.1) is 0 Å². The van der Waals surface area contributed by atoms with Crippen LogP contribution < -0.4 is 5.32 Å². The highest BCUT2D eigenvalue weighted by molar-refractivity contribution is 5.94. The Hall–Kier alpha value is -2.15. The quantitative estimate of drug-likeness (QED) is 0.795. The second kappa shape index (κ2) is 5.92. The van der Waals surface area contributed by atoms with Gasteiger partial charge in [-0.05, 0) is 37.7 Å². The maximum Gasteiger partial charge on any atom is 0.337 e. The number of hydrogen-bond acceptors (Lipinski definition) is 5. The molecule has 0 atom stereocenters. The molecule has 0 aromatic carbocycles. The number of fused-ring (bicyclic) bond motifs is 1. The zero-order chi connectivity index (χ0) is 15.7. The molecule has 0 spiro atoms. The van der Waals surface area contributed by atoms with E-state index in [4.69, 9.17) is 0 Å². The molecular formula is C15H20N4O3. The number of aryl methyl sites for hydroxylation is 1. The van der Waals surface area contributed by atoms with E-state index in [1.54, 1.807) is 4.52 Å². The first-order chi connectivity index (χ1) is 10.6. The molecular weight excluding hydrogens is 284 g/mol. The summed E-state index contributed by atoms with van der Waals surface area (Å²) in [5, 5.41) is 26.4. The number of aliphatic hydroxyl groups is 1. The van der Waals surface area contributed by atoms with Gasteiger partial charge in [0.25, 0.3) is 0 Å². The monoisotopic (exact) mass is 304 g/mol. The van der Waals surface area contributed by atoms with E-state index in [9.17, 15) is 15.0 Å². The van der Waals surface area contributed by atoms with Gasteiger partial charge < -0.3 is 15.5 Å². The summed E-state index contributed by atoms with van der Waals surface area (Å²) in [6.45, 7) is 1.93. The number of aliphatic hydroxyl groups excluding tert-OH is 1. The fourth-order valence-electron chi connectivity index (χ4n) is 3.13. The van der Waals surface area contributed by atoms with E-state index in [2.05, 4.69) is 15.4 Å². The van der Waals surface area contributed by atoms with Gasteiger partial charge in [0.15, 0.2) is 5.82 Å². The highest BCUT2D eigenvalue weighted by Gasteiger charge is 2.23.